The minimum atomic E-state index is -0.524. The van der Waals surface area contributed by atoms with Crippen LogP contribution in [-0.4, -0.2) is 61.9 Å². The third kappa shape index (κ3) is 4.70. The molecule has 5 heterocycles. The molecule has 0 atom stereocenters. The van der Waals surface area contributed by atoms with Crippen LogP contribution in [0.2, 0.25) is 0 Å². The van der Waals surface area contributed by atoms with Gasteiger partial charge in [0.05, 0.1) is 29.2 Å². The van der Waals surface area contributed by atoms with Crippen molar-refractivity contribution in [1.29, 1.82) is 0 Å². The van der Waals surface area contributed by atoms with Gasteiger partial charge in [0.2, 0.25) is 0 Å². The molecule has 4 aromatic heterocycles. The van der Waals surface area contributed by atoms with Gasteiger partial charge in [0.25, 0.3) is 5.91 Å². The number of hydrogen-bond acceptors (Lipinski definition) is 7. The van der Waals surface area contributed by atoms with Crippen molar-refractivity contribution in [3.05, 3.63) is 72.8 Å². The maximum atomic E-state index is 13.5. The van der Waals surface area contributed by atoms with Crippen LogP contribution in [0.15, 0.2) is 61.4 Å². The van der Waals surface area contributed by atoms with E-state index < -0.39 is 11.7 Å². The Hall–Kier alpha value is -4.44. The van der Waals surface area contributed by atoms with Crippen LogP contribution < -0.4 is 10.6 Å². The Morgan fingerprint density at radius 3 is 2.76 bits per heavy atom. The Balaban J connectivity index is 1.33. The summed E-state index contributed by atoms with van der Waals surface area (Å²) in [5.41, 5.74) is 4.00. The molecule has 1 aliphatic heterocycles. The molecular weight excluding hydrogens is 471 g/mol. The van der Waals surface area contributed by atoms with E-state index in [1.54, 1.807) is 12.4 Å². The van der Waals surface area contributed by atoms with Crippen molar-refractivity contribution in [2.75, 3.05) is 30.8 Å². The number of aromatic amines is 1. The Labute approximate surface area is 212 Å². The SMILES string of the molecule is CN1CCC(Nc2ncnc3ccc(-c4c[nH]c5ncc(C(=O)Nc6cncc(F)c6)cc45)cc23)CC1. The van der Waals surface area contributed by atoms with Crippen molar-refractivity contribution < 1.29 is 9.18 Å². The molecule has 10 heteroatoms. The van der Waals surface area contributed by atoms with Crippen LogP contribution >= 0.6 is 0 Å². The predicted molar refractivity (Wildman–Crippen MR) is 141 cm³/mol. The number of benzene rings is 1. The number of anilines is 2. The second kappa shape index (κ2) is 9.55. The van der Waals surface area contributed by atoms with Crippen molar-refractivity contribution in [2.24, 2.45) is 0 Å². The molecule has 1 aliphatic rings. The van der Waals surface area contributed by atoms with Gasteiger partial charge in [-0.25, -0.2) is 19.3 Å². The highest BCUT2D eigenvalue weighted by Gasteiger charge is 2.19. The van der Waals surface area contributed by atoms with Crippen LogP contribution in [0.3, 0.4) is 0 Å². The average molecular weight is 497 g/mol. The van der Waals surface area contributed by atoms with Gasteiger partial charge in [-0.1, -0.05) is 6.07 Å². The van der Waals surface area contributed by atoms with Gasteiger partial charge in [-0.05, 0) is 56.7 Å². The number of carbonyl (C=O) groups is 1. The Morgan fingerprint density at radius 1 is 1.05 bits per heavy atom. The first-order valence-electron chi connectivity index (χ1n) is 12.1. The summed E-state index contributed by atoms with van der Waals surface area (Å²) in [6.45, 7) is 2.11. The van der Waals surface area contributed by atoms with Crippen LogP contribution in [-0.2, 0) is 0 Å². The average Bonchev–Trinajstić information content (AvgIpc) is 3.33. The molecule has 0 radical (unpaired) electrons. The number of aromatic nitrogens is 5. The molecule has 6 rings (SSSR count). The summed E-state index contributed by atoms with van der Waals surface area (Å²) in [6.07, 6.45) is 9.56. The Kier molecular flexibility index (Phi) is 5.93. The standard InChI is InChI=1S/C27H25FN8O/c1-36-6-4-19(5-7-36)34-26-22-8-16(2-3-24(22)32-15-33-26)23-14-31-25-21(23)9-17(11-30-25)27(37)35-20-10-18(28)12-29-13-20/h2-3,8-15,19H,4-7H2,1H3,(H,30,31)(H,35,37)(H,32,33,34). The van der Waals surface area contributed by atoms with Gasteiger partial charge in [0.1, 0.15) is 23.6 Å². The number of H-pyrrole nitrogens is 1. The zero-order valence-corrected chi connectivity index (χ0v) is 20.2. The van der Waals surface area contributed by atoms with E-state index in [1.165, 1.54) is 18.5 Å². The first kappa shape index (κ1) is 23.0. The van der Waals surface area contributed by atoms with Crippen molar-refractivity contribution >= 4 is 39.3 Å². The van der Waals surface area contributed by atoms with E-state index in [0.717, 1.165) is 65.4 Å². The molecule has 1 amide bonds. The second-order valence-corrected chi connectivity index (χ2v) is 9.34. The van der Waals surface area contributed by atoms with Crippen LogP contribution in [0.4, 0.5) is 15.9 Å². The normalized spacial score (nSPS) is 14.8. The number of hydrogen-bond donors (Lipinski definition) is 3. The highest BCUT2D eigenvalue weighted by Crippen LogP contribution is 2.32. The van der Waals surface area contributed by atoms with E-state index in [-0.39, 0.29) is 5.69 Å². The van der Waals surface area contributed by atoms with E-state index in [4.69, 9.17) is 0 Å². The predicted octanol–water partition coefficient (Wildman–Crippen LogP) is 4.47. The Morgan fingerprint density at radius 2 is 1.92 bits per heavy atom. The minimum absolute atomic E-state index is 0.276. The smallest absolute Gasteiger partial charge is 0.257 e. The fraction of sp³-hybridized carbons (Fsp3) is 0.222. The molecule has 0 aliphatic carbocycles. The molecule has 0 unspecified atom stereocenters. The molecule has 3 N–H and O–H groups in total. The number of nitrogens with zero attached hydrogens (tertiary/aromatic N) is 5. The van der Waals surface area contributed by atoms with Gasteiger partial charge >= 0.3 is 0 Å². The lowest BCUT2D eigenvalue weighted by Gasteiger charge is -2.30. The van der Waals surface area contributed by atoms with Crippen molar-refractivity contribution in [3.8, 4) is 11.1 Å². The maximum Gasteiger partial charge on any atom is 0.257 e. The molecule has 186 valence electrons. The molecule has 1 aromatic carbocycles. The number of piperidine rings is 1. The van der Waals surface area contributed by atoms with Gasteiger partial charge in [-0.2, -0.15) is 0 Å². The topological polar surface area (TPSA) is 112 Å². The van der Waals surface area contributed by atoms with Gasteiger partial charge in [0.15, 0.2) is 0 Å². The molecule has 37 heavy (non-hydrogen) atoms. The molecule has 5 aromatic rings. The summed E-state index contributed by atoms with van der Waals surface area (Å²) < 4.78 is 13.5. The number of carbonyl (C=O) groups excluding carboxylic acids is 1. The first-order chi connectivity index (χ1) is 18.0. The molecule has 1 fully saturated rings. The van der Waals surface area contributed by atoms with E-state index in [1.807, 2.05) is 18.3 Å². The zero-order chi connectivity index (χ0) is 25.4. The van der Waals surface area contributed by atoms with Crippen LogP contribution in [0.25, 0.3) is 33.1 Å². The van der Waals surface area contributed by atoms with Crippen LogP contribution in [0.1, 0.15) is 23.2 Å². The first-order valence-corrected chi connectivity index (χ1v) is 12.1. The summed E-state index contributed by atoms with van der Waals surface area (Å²) in [7, 11) is 2.15. The maximum absolute atomic E-state index is 13.5. The van der Waals surface area contributed by atoms with Crippen LogP contribution in [0, 0.1) is 5.82 Å². The third-order valence-corrected chi connectivity index (χ3v) is 6.76. The van der Waals surface area contributed by atoms with Crippen molar-refractivity contribution in [1.82, 2.24) is 29.8 Å². The summed E-state index contributed by atoms with van der Waals surface area (Å²) in [5, 5.41) is 8.03. The molecular formula is C27H25FN8O. The summed E-state index contributed by atoms with van der Waals surface area (Å²) in [6, 6.07) is 9.41. The van der Waals surface area contributed by atoms with Crippen LogP contribution in [0.5, 0.6) is 0 Å². The highest BCUT2D eigenvalue weighted by atomic mass is 19.1. The van der Waals surface area contributed by atoms with Crippen molar-refractivity contribution in [2.45, 2.75) is 18.9 Å². The third-order valence-electron chi connectivity index (χ3n) is 6.76. The monoisotopic (exact) mass is 496 g/mol. The number of nitrogens with one attached hydrogen (secondary N) is 3. The van der Waals surface area contributed by atoms with Gasteiger partial charge in [0, 0.05) is 40.8 Å². The summed E-state index contributed by atoms with van der Waals surface area (Å²) in [4.78, 5) is 35.5. The van der Waals surface area contributed by atoms with Gasteiger partial charge < -0.3 is 20.5 Å². The number of rotatable bonds is 5. The number of fused-ring (bicyclic) bond motifs is 2. The van der Waals surface area contributed by atoms with Crippen molar-refractivity contribution in [3.63, 3.8) is 0 Å². The van der Waals surface area contributed by atoms with Gasteiger partial charge in [-0.15, -0.1) is 0 Å². The van der Waals surface area contributed by atoms with E-state index in [9.17, 15) is 9.18 Å². The zero-order valence-electron chi connectivity index (χ0n) is 20.2. The van der Waals surface area contributed by atoms with E-state index in [0.29, 0.717) is 17.3 Å². The minimum Gasteiger partial charge on any atom is -0.367 e. The Bertz CT molecular complexity index is 1610. The molecule has 0 saturated carbocycles. The number of pyridine rings is 2. The largest absolute Gasteiger partial charge is 0.367 e. The van der Waals surface area contributed by atoms with Gasteiger partial charge in [-0.3, -0.25) is 9.78 Å². The number of likely N-dealkylation sites (tertiary alicyclic amines) is 1. The second-order valence-electron chi connectivity index (χ2n) is 9.34. The highest BCUT2D eigenvalue weighted by molar-refractivity contribution is 6.07. The lowest BCUT2D eigenvalue weighted by atomic mass is 10.0. The fourth-order valence-electron chi connectivity index (χ4n) is 4.74. The summed E-state index contributed by atoms with van der Waals surface area (Å²) >= 11 is 0. The summed E-state index contributed by atoms with van der Waals surface area (Å²) in [5.74, 6) is -0.0992. The molecule has 1 saturated heterocycles. The molecule has 9 nitrogen and oxygen atoms in total. The number of halogens is 1. The number of amides is 1. The fourth-order valence-corrected chi connectivity index (χ4v) is 4.74. The lowest BCUT2D eigenvalue weighted by molar-refractivity contribution is 0.102. The quantitative estimate of drug-likeness (QED) is 0.329. The van der Waals surface area contributed by atoms with E-state index >= 15 is 0 Å². The van der Waals surface area contributed by atoms with E-state index in [2.05, 4.69) is 53.6 Å². The molecule has 0 bridgehead atoms. The molecule has 0 spiro atoms. The lowest BCUT2D eigenvalue weighted by Crippen LogP contribution is -2.36.